The molecule has 1 aliphatic heterocycles. The van der Waals surface area contributed by atoms with Crippen LogP contribution in [0.3, 0.4) is 0 Å². The predicted octanol–water partition coefficient (Wildman–Crippen LogP) is 4.76. The second-order valence-corrected chi connectivity index (χ2v) is 6.95. The van der Waals surface area contributed by atoms with Gasteiger partial charge in [0, 0.05) is 17.7 Å². The van der Waals surface area contributed by atoms with Crippen LogP contribution in [0.1, 0.15) is 36.8 Å². The van der Waals surface area contributed by atoms with Gasteiger partial charge in [-0.25, -0.2) is 0 Å². The highest BCUT2D eigenvalue weighted by Gasteiger charge is 2.41. The van der Waals surface area contributed by atoms with Crippen LogP contribution >= 0.6 is 15.9 Å². The van der Waals surface area contributed by atoms with Crippen LogP contribution in [0.2, 0.25) is 0 Å². The minimum Gasteiger partial charge on any atom is -0.469 e. The maximum absolute atomic E-state index is 13.2. The second kappa shape index (κ2) is 7.87. The molecular formula is C17H20BrF3O3. The van der Waals surface area contributed by atoms with Gasteiger partial charge in [0.05, 0.1) is 18.1 Å². The van der Waals surface area contributed by atoms with Crippen LogP contribution < -0.4 is 0 Å². The Bertz CT molecular complexity index is 581. The van der Waals surface area contributed by atoms with E-state index in [1.165, 1.54) is 13.2 Å². The normalized spacial score (nSPS) is 17.5. The first-order chi connectivity index (χ1) is 11.3. The molecule has 0 spiro atoms. The number of methoxy groups -OCH3 is 1. The summed E-state index contributed by atoms with van der Waals surface area (Å²) in [7, 11) is 1.34. The van der Waals surface area contributed by atoms with Gasteiger partial charge in [-0.05, 0) is 49.8 Å². The lowest BCUT2D eigenvalue weighted by molar-refractivity contribution is -0.159. The lowest BCUT2D eigenvalue weighted by Crippen LogP contribution is -2.38. The van der Waals surface area contributed by atoms with Crippen molar-refractivity contribution in [2.24, 2.45) is 5.41 Å². The lowest BCUT2D eigenvalue weighted by atomic mass is 9.75. The molecule has 0 N–H and O–H groups in total. The number of rotatable bonds is 5. The van der Waals surface area contributed by atoms with E-state index in [-0.39, 0.29) is 18.0 Å². The first-order valence-corrected chi connectivity index (χ1v) is 8.60. The third kappa shape index (κ3) is 4.51. The van der Waals surface area contributed by atoms with E-state index in [9.17, 15) is 18.0 Å². The number of hydrogen-bond donors (Lipinski definition) is 0. The molecule has 0 atom stereocenters. The number of carbonyl (C=O) groups is 1. The van der Waals surface area contributed by atoms with Gasteiger partial charge in [-0.2, -0.15) is 13.2 Å². The van der Waals surface area contributed by atoms with Gasteiger partial charge >= 0.3 is 12.1 Å². The van der Waals surface area contributed by atoms with Crippen molar-refractivity contribution in [3.05, 3.63) is 33.8 Å². The van der Waals surface area contributed by atoms with Crippen LogP contribution in [0.15, 0.2) is 22.7 Å². The maximum atomic E-state index is 13.2. The van der Waals surface area contributed by atoms with E-state index < -0.39 is 17.2 Å². The molecule has 1 aliphatic rings. The average Bonchev–Trinajstić information content (AvgIpc) is 2.55. The van der Waals surface area contributed by atoms with Crippen molar-refractivity contribution in [2.45, 2.75) is 38.3 Å². The number of esters is 1. The zero-order chi connectivity index (χ0) is 17.8. The summed E-state index contributed by atoms with van der Waals surface area (Å²) in [4.78, 5) is 12.1. The molecule has 0 aromatic heterocycles. The Labute approximate surface area is 147 Å². The van der Waals surface area contributed by atoms with Gasteiger partial charge in [0.1, 0.15) is 0 Å². The number of benzene rings is 1. The summed E-state index contributed by atoms with van der Waals surface area (Å²) in [6, 6.07) is 4.19. The SMILES string of the molecule is COC(=O)C1(CCCc2ccc(Br)cc2C(F)(F)F)CCOCC1. The summed E-state index contributed by atoms with van der Waals surface area (Å²) in [5, 5.41) is 0. The third-order valence-corrected chi connectivity index (χ3v) is 5.04. The van der Waals surface area contributed by atoms with E-state index in [0.717, 1.165) is 6.07 Å². The van der Waals surface area contributed by atoms with Gasteiger partial charge in [0.25, 0.3) is 0 Å². The Hall–Kier alpha value is -1.08. The van der Waals surface area contributed by atoms with E-state index in [1.54, 1.807) is 6.07 Å². The molecule has 1 aromatic rings. The molecule has 0 aliphatic carbocycles. The molecule has 1 fully saturated rings. The van der Waals surface area contributed by atoms with Gasteiger partial charge in [0.15, 0.2) is 0 Å². The molecule has 134 valence electrons. The van der Waals surface area contributed by atoms with Crippen molar-refractivity contribution in [1.82, 2.24) is 0 Å². The van der Waals surface area contributed by atoms with Gasteiger partial charge in [-0.3, -0.25) is 4.79 Å². The minimum absolute atomic E-state index is 0.248. The minimum atomic E-state index is -4.39. The number of aryl methyl sites for hydroxylation is 1. The average molecular weight is 409 g/mol. The fraction of sp³-hybridized carbons (Fsp3) is 0.588. The zero-order valence-corrected chi connectivity index (χ0v) is 15.0. The standard InChI is InChI=1S/C17H20BrF3O3/c1-23-15(22)16(7-9-24-10-8-16)6-2-3-12-4-5-13(18)11-14(12)17(19,20)21/h4-5,11H,2-3,6-10H2,1H3. The summed E-state index contributed by atoms with van der Waals surface area (Å²) in [6.07, 6.45) is -2.05. The Morgan fingerprint density at radius 2 is 2.00 bits per heavy atom. The number of halogens is 4. The molecule has 1 heterocycles. The Kier molecular flexibility index (Phi) is 6.31. The predicted molar refractivity (Wildman–Crippen MR) is 86.6 cm³/mol. The number of hydrogen-bond acceptors (Lipinski definition) is 3. The number of alkyl halides is 3. The van der Waals surface area contributed by atoms with Crippen LogP contribution in [-0.4, -0.2) is 26.3 Å². The number of carbonyl (C=O) groups excluding carboxylic acids is 1. The van der Waals surface area contributed by atoms with Crippen molar-refractivity contribution in [3.63, 3.8) is 0 Å². The molecular weight excluding hydrogens is 389 g/mol. The zero-order valence-electron chi connectivity index (χ0n) is 13.4. The summed E-state index contributed by atoms with van der Waals surface area (Å²) >= 11 is 3.08. The van der Waals surface area contributed by atoms with Crippen LogP contribution in [0.25, 0.3) is 0 Å². The van der Waals surface area contributed by atoms with Gasteiger partial charge in [-0.1, -0.05) is 22.0 Å². The van der Waals surface area contributed by atoms with Gasteiger partial charge in [0.2, 0.25) is 0 Å². The molecule has 3 nitrogen and oxygen atoms in total. The monoisotopic (exact) mass is 408 g/mol. The molecule has 0 bridgehead atoms. The molecule has 24 heavy (non-hydrogen) atoms. The van der Waals surface area contributed by atoms with Gasteiger partial charge < -0.3 is 9.47 Å². The highest BCUT2D eigenvalue weighted by Crippen LogP contribution is 2.39. The summed E-state index contributed by atoms with van der Waals surface area (Å²) in [6.45, 7) is 0.947. The lowest BCUT2D eigenvalue weighted by Gasteiger charge is -2.34. The van der Waals surface area contributed by atoms with E-state index in [1.807, 2.05) is 0 Å². The van der Waals surface area contributed by atoms with Crippen LogP contribution in [-0.2, 0) is 26.9 Å². The summed E-state index contributed by atoms with van der Waals surface area (Å²) in [5.41, 5.74) is -1.02. The van der Waals surface area contributed by atoms with E-state index in [4.69, 9.17) is 9.47 Å². The topological polar surface area (TPSA) is 35.5 Å². The highest BCUT2D eigenvalue weighted by molar-refractivity contribution is 9.10. The van der Waals surface area contributed by atoms with E-state index in [2.05, 4.69) is 15.9 Å². The molecule has 7 heteroatoms. The van der Waals surface area contributed by atoms with Crippen molar-refractivity contribution in [1.29, 1.82) is 0 Å². The van der Waals surface area contributed by atoms with Crippen LogP contribution in [0, 0.1) is 5.41 Å². The summed E-state index contributed by atoms with van der Waals surface area (Å²) in [5.74, 6) is -0.294. The highest BCUT2D eigenvalue weighted by atomic mass is 79.9. The molecule has 0 saturated carbocycles. The largest absolute Gasteiger partial charge is 0.469 e. The van der Waals surface area contributed by atoms with Crippen molar-refractivity contribution in [3.8, 4) is 0 Å². The van der Waals surface area contributed by atoms with E-state index in [0.29, 0.717) is 43.4 Å². The molecule has 0 amide bonds. The Balaban J connectivity index is 2.09. The Morgan fingerprint density at radius 1 is 1.33 bits per heavy atom. The van der Waals surface area contributed by atoms with E-state index >= 15 is 0 Å². The fourth-order valence-electron chi connectivity index (χ4n) is 3.18. The third-order valence-electron chi connectivity index (χ3n) is 4.55. The van der Waals surface area contributed by atoms with Crippen LogP contribution in [0.5, 0.6) is 0 Å². The molecule has 0 unspecified atom stereocenters. The second-order valence-electron chi connectivity index (χ2n) is 6.04. The molecule has 1 saturated heterocycles. The van der Waals surface area contributed by atoms with Crippen molar-refractivity contribution in [2.75, 3.05) is 20.3 Å². The quantitative estimate of drug-likeness (QED) is 0.658. The maximum Gasteiger partial charge on any atom is 0.416 e. The smallest absolute Gasteiger partial charge is 0.416 e. The van der Waals surface area contributed by atoms with Gasteiger partial charge in [-0.15, -0.1) is 0 Å². The molecule has 2 rings (SSSR count). The first kappa shape index (κ1) is 19.2. The first-order valence-electron chi connectivity index (χ1n) is 7.80. The summed E-state index contributed by atoms with van der Waals surface area (Å²) < 4.78 is 50.1. The van der Waals surface area contributed by atoms with Crippen molar-refractivity contribution < 1.29 is 27.4 Å². The fourth-order valence-corrected chi connectivity index (χ4v) is 3.54. The Morgan fingerprint density at radius 3 is 2.58 bits per heavy atom. The number of ether oxygens (including phenoxy) is 2. The molecule has 1 aromatic carbocycles. The van der Waals surface area contributed by atoms with Crippen molar-refractivity contribution >= 4 is 21.9 Å². The molecule has 0 radical (unpaired) electrons. The van der Waals surface area contributed by atoms with Crippen LogP contribution in [0.4, 0.5) is 13.2 Å².